The third kappa shape index (κ3) is 2.50. The van der Waals surface area contributed by atoms with Crippen molar-refractivity contribution >= 4 is 11.8 Å². The summed E-state index contributed by atoms with van der Waals surface area (Å²) in [5.74, 6) is 3.51. The zero-order valence-electron chi connectivity index (χ0n) is 15.7. The van der Waals surface area contributed by atoms with Crippen molar-refractivity contribution in [3.63, 3.8) is 0 Å². The second-order valence-corrected chi connectivity index (χ2v) is 8.89. The Kier molecular flexibility index (Phi) is 3.70. The van der Waals surface area contributed by atoms with Gasteiger partial charge in [0.15, 0.2) is 0 Å². The van der Waals surface area contributed by atoms with Crippen molar-refractivity contribution < 1.29 is 14.0 Å². The maximum atomic E-state index is 13.1. The Hall–Kier alpha value is -1.78. The number of hydrogen-bond acceptors (Lipinski definition) is 3. The molecule has 5 atom stereocenters. The van der Waals surface area contributed by atoms with Gasteiger partial charge in [0.25, 0.3) is 5.91 Å². The minimum absolute atomic E-state index is 0.105. The number of hydrogen-bond donors (Lipinski definition) is 1. The van der Waals surface area contributed by atoms with Gasteiger partial charge in [-0.2, -0.15) is 0 Å². The predicted molar refractivity (Wildman–Crippen MR) is 96.6 cm³/mol. The molecule has 2 saturated heterocycles. The molecule has 1 aromatic heterocycles. The molecule has 5 heteroatoms. The van der Waals surface area contributed by atoms with Crippen molar-refractivity contribution in [2.24, 2.45) is 17.8 Å². The van der Waals surface area contributed by atoms with Crippen LogP contribution >= 0.6 is 0 Å². The van der Waals surface area contributed by atoms with E-state index in [0.717, 1.165) is 31.4 Å². The number of fused-ring (bicyclic) bond motifs is 3. The number of amides is 2. The van der Waals surface area contributed by atoms with Crippen LogP contribution < -0.4 is 5.32 Å². The molecule has 2 aliphatic carbocycles. The Morgan fingerprint density at radius 3 is 2.31 bits per heavy atom. The Balaban J connectivity index is 1.24. The lowest BCUT2D eigenvalue weighted by Crippen LogP contribution is -2.52. The summed E-state index contributed by atoms with van der Waals surface area (Å²) in [7, 11) is 0. The molecule has 140 valence electrons. The van der Waals surface area contributed by atoms with E-state index in [-0.39, 0.29) is 35.9 Å². The minimum Gasteiger partial charge on any atom is -0.466 e. The van der Waals surface area contributed by atoms with E-state index in [0.29, 0.717) is 23.2 Å². The van der Waals surface area contributed by atoms with Gasteiger partial charge in [0.1, 0.15) is 11.5 Å². The van der Waals surface area contributed by atoms with E-state index >= 15 is 0 Å². The normalized spacial score (nSPS) is 37.5. The average Bonchev–Trinajstić information content (AvgIpc) is 2.87. The van der Waals surface area contributed by atoms with E-state index in [4.69, 9.17) is 4.42 Å². The molecule has 0 aromatic carbocycles. The molecule has 3 heterocycles. The van der Waals surface area contributed by atoms with E-state index in [9.17, 15) is 9.59 Å². The molecule has 1 N–H and O–H groups in total. The number of piperidine rings is 1. The summed E-state index contributed by atoms with van der Waals surface area (Å²) in [5.41, 5.74) is 0.702. The van der Waals surface area contributed by atoms with Crippen LogP contribution in [0.15, 0.2) is 10.5 Å². The number of aryl methyl sites for hydroxylation is 2. The van der Waals surface area contributed by atoms with Crippen molar-refractivity contribution in [3.05, 3.63) is 23.2 Å². The smallest absolute Gasteiger partial charge is 0.257 e. The molecule has 2 saturated carbocycles. The first-order chi connectivity index (χ1) is 12.5. The van der Waals surface area contributed by atoms with Crippen LogP contribution in [0, 0.1) is 31.6 Å². The molecular formula is C21H28N2O3. The van der Waals surface area contributed by atoms with Crippen molar-refractivity contribution in [3.8, 4) is 0 Å². The standard InChI is InChI=1S/C21H28N2O3/c1-11-8-18(12(2)26-11)21(25)23-14-6-7-15(23)10-13(9-14)22-20(24)19-16-4-3-5-17(16)19/h8,13-17,19H,3-7,9-10H2,1-2H3,(H,22,24)/t13?,14-,15+,16?,17?,19?. The molecule has 26 heavy (non-hydrogen) atoms. The van der Waals surface area contributed by atoms with Gasteiger partial charge in [-0.15, -0.1) is 0 Å². The van der Waals surface area contributed by atoms with Gasteiger partial charge < -0.3 is 14.6 Å². The topological polar surface area (TPSA) is 62.6 Å². The summed E-state index contributed by atoms with van der Waals surface area (Å²) >= 11 is 0. The predicted octanol–water partition coefficient (Wildman–Crippen LogP) is 3.19. The zero-order valence-corrected chi connectivity index (χ0v) is 15.7. The van der Waals surface area contributed by atoms with Crippen LogP contribution in [0.2, 0.25) is 0 Å². The second kappa shape index (κ2) is 5.86. The van der Waals surface area contributed by atoms with Crippen molar-refractivity contribution in [2.75, 3.05) is 0 Å². The van der Waals surface area contributed by atoms with Crippen LogP contribution in [0.25, 0.3) is 0 Å². The van der Waals surface area contributed by atoms with Gasteiger partial charge in [-0.3, -0.25) is 9.59 Å². The molecule has 3 unspecified atom stereocenters. The monoisotopic (exact) mass is 356 g/mol. The van der Waals surface area contributed by atoms with Crippen molar-refractivity contribution in [2.45, 2.75) is 76.9 Å². The molecule has 1 aromatic rings. The third-order valence-electron chi connectivity index (χ3n) is 7.29. The highest BCUT2D eigenvalue weighted by Crippen LogP contribution is 2.57. The van der Waals surface area contributed by atoms with E-state index in [1.165, 1.54) is 19.3 Å². The summed E-state index contributed by atoms with van der Waals surface area (Å²) in [5, 5.41) is 3.33. The highest BCUT2D eigenvalue weighted by molar-refractivity contribution is 5.96. The largest absolute Gasteiger partial charge is 0.466 e. The molecule has 2 amide bonds. The number of carbonyl (C=O) groups is 2. The lowest BCUT2D eigenvalue weighted by Gasteiger charge is -2.39. The molecule has 2 bridgehead atoms. The van der Waals surface area contributed by atoms with Crippen LogP contribution in [-0.4, -0.2) is 34.8 Å². The fraction of sp³-hybridized carbons (Fsp3) is 0.714. The maximum absolute atomic E-state index is 13.1. The summed E-state index contributed by atoms with van der Waals surface area (Å²) in [4.78, 5) is 27.7. The number of nitrogens with one attached hydrogen (secondary N) is 1. The Bertz CT molecular complexity index is 730. The fourth-order valence-corrected chi connectivity index (χ4v) is 6.12. The van der Waals surface area contributed by atoms with Crippen molar-refractivity contribution in [1.82, 2.24) is 10.2 Å². The van der Waals surface area contributed by atoms with E-state index in [1.54, 1.807) is 0 Å². The molecular weight excluding hydrogens is 328 g/mol. The van der Waals surface area contributed by atoms with Gasteiger partial charge in [0, 0.05) is 24.0 Å². The molecule has 0 radical (unpaired) electrons. The fourth-order valence-electron chi connectivity index (χ4n) is 6.12. The van der Waals surface area contributed by atoms with Gasteiger partial charge in [-0.1, -0.05) is 6.42 Å². The summed E-state index contributed by atoms with van der Waals surface area (Å²) in [6.07, 6.45) is 7.67. The third-order valence-corrected chi connectivity index (χ3v) is 7.29. The summed E-state index contributed by atoms with van der Waals surface area (Å²) in [6.45, 7) is 3.75. The van der Waals surface area contributed by atoms with Gasteiger partial charge >= 0.3 is 0 Å². The number of carbonyl (C=O) groups excluding carboxylic acids is 2. The van der Waals surface area contributed by atoms with Crippen LogP contribution in [0.1, 0.15) is 66.8 Å². The van der Waals surface area contributed by atoms with Gasteiger partial charge in [0.2, 0.25) is 5.91 Å². The number of rotatable bonds is 3. The average molecular weight is 356 g/mol. The van der Waals surface area contributed by atoms with Crippen LogP contribution in [0.5, 0.6) is 0 Å². The van der Waals surface area contributed by atoms with E-state index in [2.05, 4.69) is 10.2 Å². The van der Waals surface area contributed by atoms with Gasteiger partial charge in [0.05, 0.1) is 5.56 Å². The SMILES string of the molecule is Cc1cc(C(=O)N2[C@@H]3CC[C@H]2CC(NC(=O)C2C4CCCC42)C3)c(C)o1. The van der Waals surface area contributed by atoms with Crippen LogP contribution in [0.4, 0.5) is 0 Å². The van der Waals surface area contributed by atoms with Crippen LogP contribution in [0.3, 0.4) is 0 Å². The van der Waals surface area contributed by atoms with Crippen molar-refractivity contribution in [1.29, 1.82) is 0 Å². The van der Waals surface area contributed by atoms with Gasteiger partial charge in [-0.25, -0.2) is 0 Å². The lowest BCUT2D eigenvalue weighted by molar-refractivity contribution is -0.124. The first-order valence-electron chi connectivity index (χ1n) is 10.2. The molecule has 5 nitrogen and oxygen atoms in total. The number of furan rings is 1. The Labute approximate surface area is 154 Å². The molecule has 4 fully saturated rings. The number of nitrogens with zero attached hydrogens (tertiary/aromatic N) is 1. The first-order valence-corrected chi connectivity index (χ1v) is 10.2. The minimum atomic E-state index is 0.105. The van der Waals surface area contributed by atoms with Crippen LogP contribution in [-0.2, 0) is 4.79 Å². The first kappa shape index (κ1) is 16.4. The molecule has 2 aliphatic heterocycles. The second-order valence-electron chi connectivity index (χ2n) is 8.89. The zero-order chi connectivity index (χ0) is 18.0. The van der Waals surface area contributed by atoms with Gasteiger partial charge in [-0.05, 0) is 70.3 Å². The maximum Gasteiger partial charge on any atom is 0.257 e. The molecule has 4 aliphatic rings. The molecule has 5 rings (SSSR count). The highest BCUT2D eigenvalue weighted by atomic mass is 16.3. The summed E-state index contributed by atoms with van der Waals surface area (Å²) in [6, 6.07) is 2.59. The van der Waals surface area contributed by atoms with E-state index < -0.39 is 0 Å². The lowest BCUT2D eigenvalue weighted by atomic mass is 9.95. The Morgan fingerprint density at radius 1 is 1.08 bits per heavy atom. The van der Waals surface area contributed by atoms with E-state index in [1.807, 2.05) is 19.9 Å². The highest BCUT2D eigenvalue weighted by Gasteiger charge is 2.57. The molecule has 0 spiro atoms. The summed E-state index contributed by atoms with van der Waals surface area (Å²) < 4.78 is 5.56. The Morgan fingerprint density at radius 2 is 1.73 bits per heavy atom. The quantitative estimate of drug-likeness (QED) is 0.905.